The quantitative estimate of drug-likeness (QED) is 0.682. The summed E-state index contributed by atoms with van der Waals surface area (Å²) in [7, 11) is -3.77. The molecule has 0 bridgehead atoms. The number of rotatable bonds is 7. The number of amides is 1. The van der Waals surface area contributed by atoms with Crippen LogP contribution in [0.5, 0.6) is 0 Å². The Hall–Kier alpha value is -1.45. The average Bonchev–Trinajstić information content (AvgIpc) is 2.77. The number of carboxylic acids is 1. The van der Waals surface area contributed by atoms with Crippen molar-refractivity contribution in [2.75, 3.05) is 6.54 Å². The first kappa shape index (κ1) is 16.6. The number of carbonyl (C=O) groups is 2. The van der Waals surface area contributed by atoms with Crippen LogP contribution in [0.1, 0.15) is 30.6 Å². The van der Waals surface area contributed by atoms with Crippen LogP contribution in [0.2, 0.25) is 0 Å². The molecule has 0 spiro atoms. The third-order valence-electron chi connectivity index (χ3n) is 2.18. The zero-order valence-electron chi connectivity index (χ0n) is 11.0. The van der Waals surface area contributed by atoms with E-state index in [1.807, 2.05) is 0 Å². The number of carbonyl (C=O) groups excluding carboxylic acids is 1. The molecule has 0 saturated carbocycles. The second kappa shape index (κ2) is 6.82. The molecule has 3 N–H and O–H groups in total. The van der Waals surface area contributed by atoms with Gasteiger partial charge >= 0.3 is 5.97 Å². The molecule has 0 saturated heterocycles. The molecular weight excluding hydrogens is 304 g/mol. The van der Waals surface area contributed by atoms with E-state index in [0.717, 1.165) is 17.4 Å². The van der Waals surface area contributed by atoms with Gasteiger partial charge in [0.2, 0.25) is 15.9 Å². The SMILES string of the molecule is CC(C)NC(=O)CCNS(=O)(=O)c1cc(C(=O)O)cs1. The van der Waals surface area contributed by atoms with E-state index < -0.39 is 16.0 Å². The van der Waals surface area contributed by atoms with Gasteiger partial charge in [0, 0.05) is 24.4 Å². The number of carboxylic acid groups (broad SMARTS) is 1. The second-order valence-electron chi connectivity index (χ2n) is 4.33. The highest BCUT2D eigenvalue weighted by molar-refractivity contribution is 7.91. The van der Waals surface area contributed by atoms with E-state index in [0.29, 0.717) is 0 Å². The predicted molar refractivity (Wildman–Crippen MR) is 74.4 cm³/mol. The Balaban J connectivity index is 2.57. The number of aromatic carboxylic acids is 1. The van der Waals surface area contributed by atoms with E-state index in [4.69, 9.17) is 5.11 Å². The van der Waals surface area contributed by atoms with E-state index in [9.17, 15) is 18.0 Å². The van der Waals surface area contributed by atoms with Crippen molar-refractivity contribution >= 4 is 33.2 Å². The molecule has 0 atom stereocenters. The molecule has 0 radical (unpaired) electrons. The first-order valence-electron chi connectivity index (χ1n) is 5.83. The number of nitrogens with one attached hydrogen (secondary N) is 2. The van der Waals surface area contributed by atoms with E-state index in [2.05, 4.69) is 10.0 Å². The molecular formula is C11H16N2O5S2. The third-order valence-corrected chi connectivity index (χ3v) is 5.08. The Morgan fingerprint density at radius 2 is 2.05 bits per heavy atom. The molecule has 9 heteroatoms. The topological polar surface area (TPSA) is 113 Å². The van der Waals surface area contributed by atoms with E-state index in [1.165, 1.54) is 5.38 Å². The van der Waals surface area contributed by atoms with Gasteiger partial charge in [-0.25, -0.2) is 17.9 Å². The Bertz CT molecular complexity index is 592. The fraction of sp³-hybridized carbons (Fsp3) is 0.455. The molecule has 0 aliphatic rings. The van der Waals surface area contributed by atoms with Crippen LogP contribution in [-0.2, 0) is 14.8 Å². The second-order valence-corrected chi connectivity index (χ2v) is 7.23. The van der Waals surface area contributed by atoms with Crippen LogP contribution in [-0.4, -0.2) is 38.0 Å². The molecule has 112 valence electrons. The summed E-state index contributed by atoms with van der Waals surface area (Å²) >= 11 is 0.822. The Kier molecular flexibility index (Phi) is 5.66. The number of thiophene rings is 1. The van der Waals surface area contributed by atoms with Crippen LogP contribution in [0.25, 0.3) is 0 Å². The van der Waals surface area contributed by atoms with Gasteiger partial charge in [-0.15, -0.1) is 11.3 Å². The van der Waals surface area contributed by atoms with Gasteiger partial charge in [0.05, 0.1) is 5.56 Å². The number of hydrogen-bond donors (Lipinski definition) is 3. The van der Waals surface area contributed by atoms with Crippen LogP contribution in [0.3, 0.4) is 0 Å². The lowest BCUT2D eigenvalue weighted by Gasteiger charge is -2.08. The number of sulfonamides is 1. The van der Waals surface area contributed by atoms with Crippen molar-refractivity contribution in [3.05, 3.63) is 17.0 Å². The summed E-state index contributed by atoms with van der Waals surface area (Å²) in [6.45, 7) is 3.57. The van der Waals surface area contributed by atoms with Crippen molar-refractivity contribution in [3.8, 4) is 0 Å². The average molecular weight is 320 g/mol. The molecule has 0 unspecified atom stereocenters. The van der Waals surface area contributed by atoms with Gasteiger partial charge in [-0.1, -0.05) is 0 Å². The molecule has 7 nitrogen and oxygen atoms in total. The van der Waals surface area contributed by atoms with Gasteiger partial charge in [0.15, 0.2) is 0 Å². The Morgan fingerprint density at radius 1 is 1.40 bits per heavy atom. The van der Waals surface area contributed by atoms with E-state index in [1.54, 1.807) is 13.8 Å². The van der Waals surface area contributed by atoms with Gasteiger partial charge < -0.3 is 10.4 Å². The highest BCUT2D eigenvalue weighted by atomic mass is 32.2. The molecule has 1 rings (SSSR count). The molecule has 1 heterocycles. The van der Waals surface area contributed by atoms with Crippen LogP contribution < -0.4 is 10.0 Å². The molecule has 20 heavy (non-hydrogen) atoms. The van der Waals surface area contributed by atoms with Crippen molar-refractivity contribution in [1.29, 1.82) is 0 Å². The van der Waals surface area contributed by atoms with Gasteiger partial charge in [0.25, 0.3) is 0 Å². The summed E-state index contributed by atoms with van der Waals surface area (Å²) in [4.78, 5) is 22.0. The summed E-state index contributed by atoms with van der Waals surface area (Å²) in [5, 5.41) is 12.6. The van der Waals surface area contributed by atoms with Gasteiger partial charge in [-0.3, -0.25) is 4.79 Å². The zero-order valence-corrected chi connectivity index (χ0v) is 12.7. The van der Waals surface area contributed by atoms with Crippen molar-refractivity contribution in [2.45, 2.75) is 30.5 Å². The minimum atomic E-state index is -3.77. The van der Waals surface area contributed by atoms with Crippen molar-refractivity contribution in [1.82, 2.24) is 10.0 Å². The molecule has 1 aromatic rings. The maximum Gasteiger partial charge on any atom is 0.336 e. The standard InChI is InChI=1S/C11H16N2O5S2/c1-7(2)13-9(14)3-4-12-20(17,18)10-5-8(6-19-10)11(15)16/h5-7,12H,3-4H2,1-2H3,(H,13,14)(H,15,16). The van der Waals surface area contributed by atoms with Gasteiger partial charge in [-0.05, 0) is 19.9 Å². The summed E-state index contributed by atoms with van der Waals surface area (Å²) in [5.41, 5.74) is -0.0760. The molecule has 0 aliphatic carbocycles. The Labute approximate surface area is 121 Å². The molecule has 0 aromatic carbocycles. The predicted octanol–water partition coefficient (Wildman–Crippen LogP) is 0.639. The van der Waals surface area contributed by atoms with Crippen molar-refractivity contribution < 1.29 is 23.1 Å². The molecule has 0 fully saturated rings. The smallest absolute Gasteiger partial charge is 0.336 e. The zero-order chi connectivity index (χ0) is 15.3. The maximum atomic E-state index is 11.8. The maximum absolute atomic E-state index is 11.8. The van der Waals surface area contributed by atoms with Crippen molar-refractivity contribution in [2.24, 2.45) is 0 Å². The summed E-state index contributed by atoms with van der Waals surface area (Å²) in [6.07, 6.45) is 0.0224. The van der Waals surface area contributed by atoms with E-state index >= 15 is 0 Å². The van der Waals surface area contributed by atoms with Gasteiger partial charge in [-0.2, -0.15) is 0 Å². The molecule has 1 amide bonds. The van der Waals surface area contributed by atoms with Crippen LogP contribution in [0, 0.1) is 0 Å². The highest BCUT2D eigenvalue weighted by Crippen LogP contribution is 2.19. The minimum absolute atomic E-state index is 0.00507. The summed E-state index contributed by atoms with van der Waals surface area (Å²) < 4.78 is 25.9. The first-order chi connectivity index (χ1) is 9.22. The lowest BCUT2D eigenvalue weighted by molar-refractivity contribution is -0.121. The lowest BCUT2D eigenvalue weighted by Crippen LogP contribution is -2.33. The highest BCUT2D eigenvalue weighted by Gasteiger charge is 2.18. The van der Waals surface area contributed by atoms with E-state index in [-0.39, 0.29) is 34.7 Å². The van der Waals surface area contributed by atoms with Crippen molar-refractivity contribution in [3.63, 3.8) is 0 Å². The van der Waals surface area contributed by atoms with Gasteiger partial charge in [0.1, 0.15) is 4.21 Å². The summed E-state index contributed by atoms with van der Waals surface area (Å²) in [5.74, 6) is -1.43. The fourth-order valence-electron chi connectivity index (χ4n) is 1.33. The fourth-order valence-corrected chi connectivity index (χ4v) is 3.56. The lowest BCUT2D eigenvalue weighted by atomic mass is 10.3. The minimum Gasteiger partial charge on any atom is -0.478 e. The monoisotopic (exact) mass is 320 g/mol. The van der Waals surface area contributed by atoms with Crippen LogP contribution >= 0.6 is 11.3 Å². The molecule has 0 aliphatic heterocycles. The summed E-state index contributed by atoms with van der Waals surface area (Å²) in [6, 6.07) is 1.08. The van der Waals surface area contributed by atoms with Crippen LogP contribution in [0.4, 0.5) is 0 Å². The molecule has 1 aromatic heterocycles. The normalized spacial score (nSPS) is 11.6. The number of hydrogen-bond acceptors (Lipinski definition) is 5. The first-order valence-corrected chi connectivity index (χ1v) is 8.19. The third kappa shape index (κ3) is 4.91. The Morgan fingerprint density at radius 3 is 2.55 bits per heavy atom. The van der Waals surface area contributed by atoms with Crippen LogP contribution in [0.15, 0.2) is 15.7 Å². The largest absolute Gasteiger partial charge is 0.478 e.